The molecule has 13 heteroatoms. The number of primary amides is 1. The monoisotopic (exact) mass is 588 g/mol. The highest BCUT2D eigenvalue weighted by Gasteiger charge is 2.48. The molecule has 2 aromatic rings. The number of halogens is 7. The third kappa shape index (κ3) is 6.29. The number of nitrogens with two attached hydrogens (primary N) is 1. The average Bonchev–Trinajstić information content (AvgIpc) is 3.29. The van der Waals surface area contributed by atoms with Gasteiger partial charge in [-0.25, -0.2) is 9.18 Å². The van der Waals surface area contributed by atoms with Crippen molar-refractivity contribution in [3.05, 3.63) is 70.0 Å². The van der Waals surface area contributed by atoms with Gasteiger partial charge in [-0.3, -0.25) is 4.79 Å². The Morgan fingerprint density at radius 2 is 1.66 bits per heavy atom. The van der Waals surface area contributed by atoms with Crippen molar-refractivity contribution in [1.29, 1.82) is 0 Å². The smallest absolute Gasteiger partial charge is 0.368 e. The first-order valence-corrected chi connectivity index (χ1v) is 13.1. The van der Waals surface area contributed by atoms with Gasteiger partial charge in [-0.15, -0.1) is 0 Å². The quantitative estimate of drug-likeness (QED) is 0.424. The Hall–Kier alpha value is -3.35. The van der Waals surface area contributed by atoms with Crippen molar-refractivity contribution in [2.45, 2.75) is 75.5 Å². The van der Waals surface area contributed by atoms with Crippen LogP contribution in [0, 0.1) is 12.7 Å². The lowest BCUT2D eigenvalue weighted by molar-refractivity contribution is -0.143. The van der Waals surface area contributed by atoms with E-state index in [9.17, 15) is 40.3 Å². The molecule has 0 unspecified atom stereocenters. The number of benzene rings is 2. The van der Waals surface area contributed by atoms with Crippen LogP contribution in [0.3, 0.4) is 0 Å². The topological polar surface area (TPSA) is 78.7 Å². The van der Waals surface area contributed by atoms with Crippen LogP contribution in [0.2, 0.25) is 0 Å². The first kappa shape index (κ1) is 30.6. The lowest BCUT2D eigenvalue weighted by atomic mass is 9.79. The first-order valence-electron chi connectivity index (χ1n) is 13.1. The third-order valence-corrected chi connectivity index (χ3v) is 8.34. The minimum Gasteiger partial charge on any atom is -0.368 e. The molecule has 0 aliphatic carbocycles. The number of hydrogen-bond donors (Lipinski definition) is 2. The van der Waals surface area contributed by atoms with Crippen molar-refractivity contribution < 1.29 is 40.3 Å². The van der Waals surface area contributed by atoms with Gasteiger partial charge in [-0.1, -0.05) is 6.07 Å². The Balaban J connectivity index is 1.68. The molecule has 3 amide bonds. The molecule has 2 fully saturated rings. The van der Waals surface area contributed by atoms with Crippen LogP contribution in [0.15, 0.2) is 36.4 Å². The summed E-state index contributed by atoms with van der Waals surface area (Å²) in [6, 6.07) is 2.49. The zero-order valence-electron chi connectivity index (χ0n) is 22.7. The number of likely N-dealkylation sites (tertiary alicyclic amines) is 1. The van der Waals surface area contributed by atoms with Gasteiger partial charge in [0.2, 0.25) is 5.91 Å². The number of carbonyl (C=O) groups excluding carboxylic acids is 2. The first-order chi connectivity index (χ1) is 18.9. The van der Waals surface area contributed by atoms with E-state index in [1.165, 1.54) is 31.0 Å². The highest BCUT2D eigenvalue weighted by Crippen LogP contribution is 2.44. The molecular formula is C28H31F7N4O2. The van der Waals surface area contributed by atoms with Gasteiger partial charge in [0.1, 0.15) is 5.82 Å². The number of piperidine rings is 1. The van der Waals surface area contributed by atoms with Crippen LogP contribution in [-0.4, -0.2) is 46.9 Å². The number of rotatable bonds is 4. The lowest BCUT2D eigenvalue weighted by Gasteiger charge is -2.47. The molecular weight excluding hydrogens is 557 g/mol. The van der Waals surface area contributed by atoms with E-state index in [1.54, 1.807) is 13.0 Å². The summed E-state index contributed by atoms with van der Waals surface area (Å²) in [6.07, 6.45) is -8.16. The van der Waals surface area contributed by atoms with Gasteiger partial charge in [0.25, 0.3) is 0 Å². The van der Waals surface area contributed by atoms with Gasteiger partial charge < -0.3 is 20.9 Å². The largest absolute Gasteiger partial charge is 0.416 e. The highest BCUT2D eigenvalue weighted by atomic mass is 19.4. The molecule has 2 aromatic carbocycles. The zero-order chi connectivity index (χ0) is 30.5. The van der Waals surface area contributed by atoms with E-state index in [1.807, 2.05) is 0 Å². The second-order valence-corrected chi connectivity index (χ2v) is 11.0. The maximum atomic E-state index is 13.9. The zero-order valence-corrected chi connectivity index (χ0v) is 22.7. The fraction of sp³-hybridized carbons (Fsp3) is 0.500. The molecule has 0 aromatic heterocycles. The summed E-state index contributed by atoms with van der Waals surface area (Å²) in [5, 5.41) is 3.30. The number of aryl methyl sites for hydroxylation is 1. The summed E-state index contributed by atoms with van der Waals surface area (Å²) in [5.41, 5.74) is 2.91. The maximum Gasteiger partial charge on any atom is 0.416 e. The van der Waals surface area contributed by atoms with Crippen molar-refractivity contribution in [1.82, 2.24) is 15.1 Å². The van der Waals surface area contributed by atoms with Crippen LogP contribution in [0.1, 0.15) is 72.5 Å². The molecule has 4 atom stereocenters. The minimum absolute atomic E-state index is 0.0451. The van der Waals surface area contributed by atoms with Crippen LogP contribution in [0.4, 0.5) is 35.5 Å². The van der Waals surface area contributed by atoms with Crippen molar-refractivity contribution in [2.75, 3.05) is 13.6 Å². The Kier molecular flexibility index (Phi) is 8.07. The number of hydrogen-bond acceptors (Lipinski definition) is 3. The molecule has 0 radical (unpaired) electrons. The second-order valence-electron chi connectivity index (χ2n) is 11.0. The van der Waals surface area contributed by atoms with E-state index >= 15 is 0 Å². The Bertz CT molecular complexity index is 1300. The van der Waals surface area contributed by atoms with E-state index in [0.29, 0.717) is 48.9 Å². The van der Waals surface area contributed by atoms with Gasteiger partial charge in [-0.2, -0.15) is 26.3 Å². The van der Waals surface area contributed by atoms with E-state index < -0.39 is 64.9 Å². The molecule has 2 saturated heterocycles. The fourth-order valence-corrected chi connectivity index (χ4v) is 5.91. The van der Waals surface area contributed by atoms with Gasteiger partial charge in [-0.05, 0) is 86.6 Å². The molecule has 2 heterocycles. The van der Waals surface area contributed by atoms with E-state index in [0.717, 1.165) is 4.90 Å². The predicted octanol–water partition coefficient (Wildman–Crippen LogP) is 6.10. The van der Waals surface area contributed by atoms with E-state index in [4.69, 9.17) is 5.73 Å². The van der Waals surface area contributed by atoms with Crippen molar-refractivity contribution in [3.8, 4) is 0 Å². The van der Waals surface area contributed by atoms with Gasteiger partial charge >= 0.3 is 18.4 Å². The van der Waals surface area contributed by atoms with Crippen molar-refractivity contribution in [3.63, 3.8) is 0 Å². The van der Waals surface area contributed by atoms with E-state index in [2.05, 4.69) is 5.32 Å². The molecule has 2 aliphatic heterocycles. The summed E-state index contributed by atoms with van der Waals surface area (Å²) in [4.78, 5) is 28.3. The van der Waals surface area contributed by atoms with Crippen LogP contribution < -0.4 is 11.1 Å². The van der Waals surface area contributed by atoms with Crippen LogP contribution in [0.25, 0.3) is 0 Å². The average molecular weight is 589 g/mol. The Morgan fingerprint density at radius 1 is 1.05 bits per heavy atom. The third-order valence-electron chi connectivity index (χ3n) is 8.34. The highest BCUT2D eigenvalue weighted by molar-refractivity contribution is 5.80. The summed E-state index contributed by atoms with van der Waals surface area (Å²) in [7, 11) is 1.32. The normalized spacial score (nSPS) is 24.0. The number of amides is 3. The Morgan fingerprint density at radius 3 is 2.17 bits per heavy atom. The number of nitrogens with one attached hydrogen (secondary N) is 1. The summed E-state index contributed by atoms with van der Waals surface area (Å²) >= 11 is 0. The summed E-state index contributed by atoms with van der Waals surface area (Å²) in [6.45, 7) is 3.21. The van der Waals surface area contributed by atoms with Crippen LogP contribution in [0.5, 0.6) is 0 Å². The molecule has 3 N–H and O–H groups in total. The number of urea groups is 1. The summed E-state index contributed by atoms with van der Waals surface area (Å²) < 4.78 is 94.7. The standard InChI is InChI=1S/C28H31F7N4O2/c1-15-10-20(29)4-5-21(15)23-14-26(7-6-22(37-26)24(36)40)8-9-39(23)25(41)38(3)16(2)17-11-18(27(30,31)32)13-19(12-17)28(33,34)35/h4-5,10-13,16,22-23,37H,6-9,14H2,1-3H3,(H2,36,40)/t16-,22-,23-,26+/m1/s1. The molecule has 0 saturated carbocycles. The van der Waals surface area contributed by atoms with E-state index in [-0.39, 0.29) is 18.2 Å². The molecule has 2 aliphatic rings. The van der Waals surface area contributed by atoms with Crippen molar-refractivity contribution >= 4 is 11.9 Å². The van der Waals surface area contributed by atoms with Crippen LogP contribution in [-0.2, 0) is 17.1 Å². The Labute approximate surface area is 232 Å². The molecule has 224 valence electrons. The second kappa shape index (κ2) is 10.8. The minimum atomic E-state index is -5.03. The number of nitrogens with zero attached hydrogens (tertiary/aromatic N) is 2. The van der Waals surface area contributed by atoms with Crippen LogP contribution >= 0.6 is 0 Å². The number of carbonyl (C=O) groups is 2. The fourth-order valence-electron chi connectivity index (χ4n) is 5.91. The molecule has 6 nitrogen and oxygen atoms in total. The summed E-state index contributed by atoms with van der Waals surface area (Å²) in [5.74, 6) is -0.971. The molecule has 41 heavy (non-hydrogen) atoms. The maximum absolute atomic E-state index is 13.9. The molecule has 1 spiro atoms. The van der Waals surface area contributed by atoms with Gasteiger partial charge in [0.15, 0.2) is 0 Å². The molecule has 0 bridgehead atoms. The van der Waals surface area contributed by atoms with Crippen molar-refractivity contribution in [2.24, 2.45) is 5.73 Å². The SMILES string of the molecule is Cc1cc(F)ccc1[C@H]1C[C@]2(CC[C@H](C(N)=O)N2)CCN1C(=O)N(C)[C@H](C)c1cc(C(F)(F)F)cc(C(F)(F)F)c1. The predicted molar refractivity (Wildman–Crippen MR) is 136 cm³/mol. The molecule has 4 rings (SSSR count). The lowest BCUT2D eigenvalue weighted by Crippen LogP contribution is -2.57. The van der Waals surface area contributed by atoms with Gasteiger partial charge in [0, 0.05) is 19.1 Å². The number of alkyl halides is 6. The van der Waals surface area contributed by atoms with Gasteiger partial charge in [0.05, 0.1) is 29.3 Å².